The average molecular weight is 367 g/mol. The molecule has 1 fully saturated rings. The molecule has 0 aromatic heterocycles. The molecule has 114 valence electrons. The van der Waals surface area contributed by atoms with Crippen LogP contribution in [0.4, 0.5) is 0 Å². The average Bonchev–Trinajstić information content (AvgIpc) is 2.47. The van der Waals surface area contributed by atoms with Crippen LogP contribution in [-0.2, 0) is 4.74 Å². The third-order valence-electron chi connectivity index (χ3n) is 3.64. The van der Waals surface area contributed by atoms with Crippen LogP contribution in [0.5, 0.6) is 11.5 Å². The van der Waals surface area contributed by atoms with Crippen LogP contribution in [0.25, 0.3) is 0 Å². The fourth-order valence-electron chi connectivity index (χ4n) is 2.45. The minimum absolute atomic E-state index is 0. The number of hydrogen-bond acceptors (Lipinski definition) is 4. The van der Waals surface area contributed by atoms with E-state index in [1.807, 2.05) is 12.1 Å². The van der Waals surface area contributed by atoms with Crippen LogP contribution < -0.4 is 15.2 Å². The second kappa shape index (κ2) is 8.08. The molecule has 1 aliphatic heterocycles. The summed E-state index contributed by atoms with van der Waals surface area (Å²) in [5, 5.41) is 0. The second-order valence-electron chi connectivity index (χ2n) is 4.70. The van der Waals surface area contributed by atoms with Crippen LogP contribution in [0.15, 0.2) is 16.6 Å². The highest BCUT2D eigenvalue weighted by Crippen LogP contribution is 2.39. The van der Waals surface area contributed by atoms with Crippen LogP contribution in [0.1, 0.15) is 24.4 Å². The van der Waals surface area contributed by atoms with Crippen molar-refractivity contribution in [2.75, 3.05) is 27.4 Å². The van der Waals surface area contributed by atoms with E-state index < -0.39 is 0 Å². The normalized spacial score (nSPS) is 17.2. The van der Waals surface area contributed by atoms with Crippen LogP contribution in [0, 0.1) is 5.92 Å². The van der Waals surface area contributed by atoms with Gasteiger partial charge in [-0.25, -0.2) is 0 Å². The topological polar surface area (TPSA) is 53.7 Å². The van der Waals surface area contributed by atoms with Crippen molar-refractivity contribution >= 4 is 28.3 Å². The zero-order valence-electron chi connectivity index (χ0n) is 11.7. The van der Waals surface area contributed by atoms with Crippen LogP contribution in [0.2, 0.25) is 0 Å². The van der Waals surface area contributed by atoms with Gasteiger partial charge in [-0.15, -0.1) is 12.4 Å². The van der Waals surface area contributed by atoms with Crippen molar-refractivity contribution in [3.8, 4) is 11.5 Å². The summed E-state index contributed by atoms with van der Waals surface area (Å²) in [7, 11) is 3.26. The van der Waals surface area contributed by atoms with E-state index in [-0.39, 0.29) is 18.4 Å². The molecule has 6 heteroatoms. The highest BCUT2D eigenvalue weighted by molar-refractivity contribution is 9.10. The van der Waals surface area contributed by atoms with Gasteiger partial charge in [0.1, 0.15) is 0 Å². The molecule has 0 bridgehead atoms. The summed E-state index contributed by atoms with van der Waals surface area (Å²) in [5.41, 5.74) is 7.46. The second-order valence-corrected chi connectivity index (χ2v) is 5.56. The van der Waals surface area contributed by atoms with Gasteiger partial charge in [-0.1, -0.05) is 15.9 Å². The molecule has 2 rings (SSSR count). The Bertz CT molecular complexity index is 439. The smallest absolute Gasteiger partial charge is 0.161 e. The van der Waals surface area contributed by atoms with Gasteiger partial charge >= 0.3 is 0 Å². The Hall–Kier alpha value is -0.490. The van der Waals surface area contributed by atoms with Gasteiger partial charge in [0.15, 0.2) is 11.5 Å². The van der Waals surface area contributed by atoms with Crippen molar-refractivity contribution in [3.63, 3.8) is 0 Å². The van der Waals surface area contributed by atoms with Crippen molar-refractivity contribution in [1.29, 1.82) is 0 Å². The van der Waals surface area contributed by atoms with E-state index in [1.165, 1.54) is 0 Å². The molecule has 0 radical (unpaired) electrons. The maximum Gasteiger partial charge on any atom is 0.161 e. The third-order valence-corrected chi connectivity index (χ3v) is 4.32. The van der Waals surface area contributed by atoms with Crippen molar-refractivity contribution < 1.29 is 14.2 Å². The Kier molecular flexibility index (Phi) is 7.09. The summed E-state index contributed by atoms with van der Waals surface area (Å²) >= 11 is 3.57. The van der Waals surface area contributed by atoms with E-state index in [0.717, 1.165) is 36.1 Å². The molecule has 1 aliphatic rings. The molecule has 2 N–H and O–H groups in total. The van der Waals surface area contributed by atoms with Crippen molar-refractivity contribution in [3.05, 3.63) is 22.2 Å². The van der Waals surface area contributed by atoms with E-state index in [0.29, 0.717) is 17.4 Å². The molecule has 0 saturated carbocycles. The number of benzene rings is 1. The summed E-state index contributed by atoms with van der Waals surface area (Å²) in [5.74, 6) is 1.86. The molecule has 1 atom stereocenters. The summed E-state index contributed by atoms with van der Waals surface area (Å²) in [6, 6.07) is 3.86. The van der Waals surface area contributed by atoms with Gasteiger partial charge in [0.05, 0.1) is 14.2 Å². The first-order chi connectivity index (χ1) is 9.17. The lowest BCUT2D eigenvalue weighted by molar-refractivity contribution is 0.0583. The van der Waals surface area contributed by atoms with Gasteiger partial charge in [0.2, 0.25) is 0 Å². The predicted molar refractivity (Wildman–Crippen MR) is 85.0 cm³/mol. The van der Waals surface area contributed by atoms with Gasteiger partial charge in [0.25, 0.3) is 0 Å². The lowest BCUT2D eigenvalue weighted by atomic mass is 9.87. The molecule has 0 spiro atoms. The van der Waals surface area contributed by atoms with Crippen LogP contribution in [-0.4, -0.2) is 27.4 Å². The standard InChI is InChI=1S/C14H20BrNO3.ClH/c1-17-12-7-10(11(15)8-13(12)18-2)14(16)9-3-5-19-6-4-9;/h7-9,14H,3-6,16H2,1-2H3;1H/t14-;/m1./s1. The number of hydrogen-bond donors (Lipinski definition) is 1. The lowest BCUT2D eigenvalue weighted by Crippen LogP contribution is -2.27. The van der Waals surface area contributed by atoms with Gasteiger partial charge in [-0.3, -0.25) is 0 Å². The molecular weight excluding hydrogens is 346 g/mol. The molecular formula is C14H21BrClNO3. The number of methoxy groups -OCH3 is 2. The first-order valence-corrected chi connectivity index (χ1v) is 7.21. The quantitative estimate of drug-likeness (QED) is 0.888. The first-order valence-electron chi connectivity index (χ1n) is 6.42. The SMILES string of the molecule is COc1cc(Br)c([C@H](N)C2CCOCC2)cc1OC.Cl. The summed E-state index contributed by atoms with van der Waals surface area (Å²) in [4.78, 5) is 0. The fourth-order valence-corrected chi connectivity index (χ4v) is 3.04. The zero-order chi connectivity index (χ0) is 13.8. The van der Waals surface area contributed by atoms with E-state index in [9.17, 15) is 0 Å². The lowest BCUT2D eigenvalue weighted by Gasteiger charge is -2.28. The Morgan fingerprint density at radius 2 is 1.75 bits per heavy atom. The van der Waals surface area contributed by atoms with Gasteiger partial charge < -0.3 is 19.9 Å². The molecule has 1 heterocycles. The maximum absolute atomic E-state index is 6.40. The number of ether oxygens (including phenoxy) is 3. The van der Waals surface area contributed by atoms with Crippen LogP contribution in [0.3, 0.4) is 0 Å². The fraction of sp³-hybridized carbons (Fsp3) is 0.571. The van der Waals surface area contributed by atoms with Gasteiger partial charge in [-0.2, -0.15) is 0 Å². The Labute approximate surface area is 134 Å². The minimum atomic E-state index is -0.0157. The van der Waals surface area contributed by atoms with E-state index in [4.69, 9.17) is 19.9 Å². The minimum Gasteiger partial charge on any atom is -0.493 e. The van der Waals surface area contributed by atoms with E-state index in [1.54, 1.807) is 14.2 Å². The molecule has 1 saturated heterocycles. The summed E-state index contributed by atoms with van der Waals surface area (Å²) in [6.45, 7) is 1.59. The number of rotatable bonds is 4. The molecule has 0 unspecified atom stereocenters. The van der Waals surface area contributed by atoms with Crippen molar-refractivity contribution in [2.45, 2.75) is 18.9 Å². The molecule has 1 aromatic rings. The zero-order valence-corrected chi connectivity index (χ0v) is 14.1. The predicted octanol–water partition coefficient (Wildman–Crippen LogP) is 3.31. The monoisotopic (exact) mass is 365 g/mol. The summed E-state index contributed by atoms with van der Waals surface area (Å²) in [6.07, 6.45) is 2.00. The molecule has 20 heavy (non-hydrogen) atoms. The van der Waals surface area contributed by atoms with Gasteiger partial charge in [-0.05, 0) is 36.5 Å². The molecule has 1 aromatic carbocycles. The molecule has 0 aliphatic carbocycles. The van der Waals surface area contributed by atoms with Crippen molar-refractivity contribution in [1.82, 2.24) is 0 Å². The van der Waals surface area contributed by atoms with Crippen LogP contribution >= 0.6 is 28.3 Å². The summed E-state index contributed by atoms with van der Waals surface area (Å²) < 4.78 is 17.0. The largest absolute Gasteiger partial charge is 0.493 e. The Morgan fingerprint density at radius 3 is 2.30 bits per heavy atom. The van der Waals surface area contributed by atoms with E-state index >= 15 is 0 Å². The molecule has 4 nitrogen and oxygen atoms in total. The highest BCUT2D eigenvalue weighted by atomic mass is 79.9. The van der Waals surface area contributed by atoms with E-state index in [2.05, 4.69) is 15.9 Å². The Balaban J connectivity index is 0.00000200. The van der Waals surface area contributed by atoms with Gasteiger partial charge in [0, 0.05) is 23.7 Å². The number of nitrogens with two attached hydrogens (primary N) is 1. The third kappa shape index (κ3) is 3.79. The first kappa shape index (κ1) is 17.6. The maximum atomic E-state index is 6.40. The Morgan fingerprint density at radius 1 is 1.20 bits per heavy atom. The number of halogens is 2. The molecule has 0 amide bonds. The van der Waals surface area contributed by atoms with Crippen molar-refractivity contribution in [2.24, 2.45) is 11.7 Å². The highest BCUT2D eigenvalue weighted by Gasteiger charge is 2.25.